The first kappa shape index (κ1) is 15.3. The molecule has 1 aromatic heterocycles. The van der Waals surface area contributed by atoms with Crippen molar-refractivity contribution in [3.63, 3.8) is 0 Å². The summed E-state index contributed by atoms with van der Waals surface area (Å²) >= 11 is 0. The molecule has 0 aliphatic carbocycles. The van der Waals surface area contributed by atoms with E-state index in [-0.39, 0.29) is 12.4 Å². The number of benzene rings is 2. The van der Waals surface area contributed by atoms with Crippen molar-refractivity contribution in [3.05, 3.63) is 59.7 Å². The van der Waals surface area contributed by atoms with Gasteiger partial charge in [0, 0.05) is 10.9 Å². The Morgan fingerprint density at radius 1 is 1.00 bits per heavy atom. The van der Waals surface area contributed by atoms with Crippen LogP contribution in [0.4, 0.5) is 5.82 Å². The number of aryl methyl sites for hydroxylation is 2. The van der Waals surface area contributed by atoms with Gasteiger partial charge in [-0.1, -0.05) is 36.4 Å². The van der Waals surface area contributed by atoms with Crippen LogP contribution in [-0.2, 0) is 0 Å². The second kappa shape index (κ2) is 6.12. The quantitative estimate of drug-likeness (QED) is 0.550. The first-order valence-corrected chi connectivity index (χ1v) is 6.63. The maximum absolute atomic E-state index is 5.64. The van der Waals surface area contributed by atoms with E-state index in [1.807, 2.05) is 18.2 Å². The van der Waals surface area contributed by atoms with Crippen LogP contribution in [-0.4, -0.2) is 4.98 Å². The molecular weight excluding hydrogens is 282 g/mol. The van der Waals surface area contributed by atoms with Crippen LogP contribution in [0.15, 0.2) is 48.5 Å². The third-order valence-electron chi connectivity index (χ3n) is 3.51. The molecule has 0 aliphatic rings. The van der Waals surface area contributed by atoms with Crippen molar-refractivity contribution < 1.29 is 0 Å². The standard InChI is InChI=1S/C17H17N3.ClH/c1-11-8-12(2)14-10-15(13-6-4-3-5-7-13)17(20-18)19-16(14)9-11;/h3-10H,18H2,1-2H3,(H,19,20);1H. The van der Waals surface area contributed by atoms with Gasteiger partial charge in [-0.2, -0.15) is 0 Å². The van der Waals surface area contributed by atoms with Gasteiger partial charge < -0.3 is 5.43 Å². The van der Waals surface area contributed by atoms with Crippen LogP contribution in [0.1, 0.15) is 11.1 Å². The molecule has 108 valence electrons. The lowest BCUT2D eigenvalue weighted by Gasteiger charge is -2.12. The summed E-state index contributed by atoms with van der Waals surface area (Å²) in [6, 6.07) is 16.6. The van der Waals surface area contributed by atoms with Crippen LogP contribution in [0.25, 0.3) is 22.0 Å². The van der Waals surface area contributed by atoms with Crippen LogP contribution < -0.4 is 11.3 Å². The second-order valence-corrected chi connectivity index (χ2v) is 5.04. The molecule has 0 bridgehead atoms. The summed E-state index contributed by atoms with van der Waals surface area (Å²) < 4.78 is 0. The number of fused-ring (bicyclic) bond motifs is 1. The fraction of sp³-hybridized carbons (Fsp3) is 0.118. The largest absolute Gasteiger partial charge is 0.308 e. The normalized spacial score (nSPS) is 10.2. The summed E-state index contributed by atoms with van der Waals surface area (Å²) in [5.41, 5.74) is 8.25. The average molecular weight is 300 g/mol. The van der Waals surface area contributed by atoms with Crippen molar-refractivity contribution in [3.8, 4) is 11.1 Å². The van der Waals surface area contributed by atoms with Crippen LogP contribution in [0.2, 0.25) is 0 Å². The minimum Gasteiger partial charge on any atom is -0.308 e. The summed E-state index contributed by atoms with van der Waals surface area (Å²) in [5.74, 6) is 6.35. The lowest BCUT2D eigenvalue weighted by molar-refractivity contribution is 1.26. The van der Waals surface area contributed by atoms with Gasteiger partial charge in [0.05, 0.1) is 5.52 Å². The summed E-state index contributed by atoms with van der Waals surface area (Å²) in [5, 5.41) is 1.16. The molecule has 0 atom stereocenters. The number of hydrazine groups is 1. The van der Waals surface area contributed by atoms with E-state index < -0.39 is 0 Å². The number of pyridine rings is 1. The molecule has 2 aromatic carbocycles. The topological polar surface area (TPSA) is 50.9 Å². The third kappa shape index (κ3) is 2.84. The molecule has 3 rings (SSSR count). The molecule has 0 saturated heterocycles. The van der Waals surface area contributed by atoms with E-state index in [1.54, 1.807) is 0 Å². The molecule has 0 saturated carbocycles. The Morgan fingerprint density at radius 2 is 1.71 bits per heavy atom. The van der Waals surface area contributed by atoms with Gasteiger partial charge in [-0.25, -0.2) is 10.8 Å². The second-order valence-electron chi connectivity index (χ2n) is 5.04. The Hall–Kier alpha value is -2.10. The predicted octanol–water partition coefficient (Wildman–Crippen LogP) is 4.23. The predicted molar refractivity (Wildman–Crippen MR) is 91.7 cm³/mol. The molecule has 3 aromatic rings. The van der Waals surface area contributed by atoms with E-state index in [1.165, 1.54) is 11.1 Å². The molecule has 4 heteroatoms. The Balaban J connectivity index is 0.00000161. The highest BCUT2D eigenvalue weighted by molar-refractivity contribution is 5.91. The molecule has 0 radical (unpaired) electrons. The fourth-order valence-corrected chi connectivity index (χ4v) is 2.58. The summed E-state index contributed by atoms with van der Waals surface area (Å²) in [6.07, 6.45) is 0. The van der Waals surface area contributed by atoms with E-state index in [2.05, 4.69) is 54.6 Å². The van der Waals surface area contributed by atoms with E-state index in [4.69, 9.17) is 5.84 Å². The molecule has 0 unspecified atom stereocenters. The smallest absolute Gasteiger partial charge is 0.148 e. The number of nitrogens with one attached hydrogen (secondary N) is 1. The van der Waals surface area contributed by atoms with Crippen LogP contribution >= 0.6 is 12.4 Å². The Bertz CT molecular complexity index is 770. The lowest BCUT2D eigenvalue weighted by Crippen LogP contribution is -2.10. The Kier molecular flexibility index (Phi) is 4.46. The number of hydrogen-bond donors (Lipinski definition) is 2. The molecule has 0 aliphatic heterocycles. The number of aromatic nitrogens is 1. The molecule has 21 heavy (non-hydrogen) atoms. The minimum atomic E-state index is 0. The molecule has 1 heterocycles. The highest BCUT2D eigenvalue weighted by atomic mass is 35.5. The number of halogens is 1. The third-order valence-corrected chi connectivity index (χ3v) is 3.51. The average Bonchev–Trinajstić information content (AvgIpc) is 2.46. The van der Waals surface area contributed by atoms with Crippen LogP contribution in [0.3, 0.4) is 0 Å². The van der Waals surface area contributed by atoms with Gasteiger partial charge in [0.15, 0.2) is 0 Å². The lowest BCUT2D eigenvalue weighted by atomic mass is 10.0. The fourth-order valence-electron chi connectivity index (χ4n) is 2.58. The van der Waals surface area contributed by atoms with Crippen molar-refractivity contribution in [1.29, 1.82) is 0 Å². The zero-order valence-electron chi connectivity index (χ0n) is 12.1. The SMILES string of the molecule is Cc1cc(C)c2cc(-c3ccccc3)c(NN)nc2c1.Cl. The number of rotatable bonds is 2. The van der Waals surface area contributed by atoms with Gasteiger partial charge in [0.25, 0.3) is 0 Å². The van der Waals surface area contributed by atoms with Crippen molar-refractivity contribution in [1.82, 2.24) is 4.98 Å². The van der Waals surface area contributed by atoms with Crippen molar-refractivity contribution in [2.45, 2.75) is 13.8 Å². The van der Waals surface area contributed by atoms with E-state index in [9.17, 15) is 0 Å². The van der Waals surface area contributed by atoms with Crippen LogP contribution in [0, 0.1) is 13.8 Å². The van der Waals surface area contributed by atoms with Gasteiger partial charge in [0.2, 0.25) is 0 Å². The number of anilines is 1. The number of nitrogen functional groups attached to an aromatic ring is 1. The number of nitrogens with two attached hydrogens (primary N) is 1. The maximum Gasteiger partial charge on any atom is 0.148 e. The minimum absolute atomic E-state index is 0. The van der Waals surface area contributed by atoms with Gasteiger partial charge >= 0.3 is 0 Å². The van der Waals surface area contributed by atoms with Crippen molar-refractivity contribution in [2.24, 2.45) is 5.84 Å². The maximum atomic E-state index is 5.64. The first-order valence-electron chi connectivity index (χ1n) is 6.63. The number of nitrogens with zero attached hydrogens (tertiary/aromatic N) is 1. The van der Waals surface area contributed by atoms with Crippen LogP contribution in [0.5, 0.6) is 0 Å². The summed E-state index contributed by atoms with van der Waals surface area (Å²) in [4.78, 5) is 4.66. The zero-order chi connectivity index (χ0) is 14.1. The molecule has 0 spiro atoms. The molecular formula is C17H18ClN3. The monoisotopic (exact) mass is 299 g/mol. The van der Waals surface area contributed by atoms with Crippen molar-refractivity contribution >= 4 is 29.1 Å². The zero-order valence-corrected chi connectivity index (χ0v) is 12.9. The first-order chi connectivity index (χ1) is 9.69. The summed E-state index contributed by atoms with van der Waals surface area (Å²) in [6.45, 7) is 4.19. The highest BCUT2D eigenvalue weighted by Gasteiger charge is 2.09. The Labute approximate surface area is 130 Å². The van der Waals surface area contributed by atoms with Gasteiger partial charge in [-0.05, 0) is 42.7 Å². The molecule has 0 amide bonds. The van der Waals surface area contributed by atoms with E-state index in [0.717, 1.165) is 22.0 Å². The van der Waals surface area contributed by atoms with Gasteiger partial charge in [0.1, 0.15) is 5.82 Å². The molecule has 0 fully saturated rings. The number of hydrogen-bond acceptors (Lipinski definition) is 3. The van der Waals surface area contributed by atoms with Gasteiger partial charge in [-0.3, -0.25) is 0 Å². The molecule has 3 nitrogen and oxygen atoms in total. The van der Waals surface area contributed by atoms with E-state index >= 15 is 0 Å². The van der Waals surface area contributed by atoms with Crippen molar-refractivity contribution in [2.75, 3.05) is 5.43 Å². The summed E-state index contributed by atoms with van der Waals surface area (Å²) in [7, 11) is 0. The Morgan fingerprint density at radius 3 is 2.38 bits per heavy atom. The van der Waals surface area contributed by atoms with Gasteiger partial charge in [-0.15, -0.1) is 12.4 Å². The highest BCUT2D eigenvalue weighted by Crippen LogP contribution is 2.31. The molecule has 3 N–H and O–H groups in total. The van der Waals surface area contributed by atoms with E-state index in [0.29, 0.717) is 5.82 Å².